The number of primary amides is 2. The average molecular weight is 1080 g/mol. The van der Waals surface area contributed by atoms with Crippen molar-refractivity contribution in [3.63, 3.8) is 0 Å². The van der Waals surface area contributed by atoms with Crippen LogP contribution in [0.25, 0.3) is 5.69 Å². The number of hydrogen-bond acceptors (Lipinski definition) is 15. The smallest absolute Gasteiger partial charge is 0.231 e. The highest BCUT2D eigenvalue weighted by atomic mass is 127. The van der Waals surface area contributed by atoms with E-state index in [2.05, 4.69) is 58.3 Å². The Balaban J connectivity index is 0.000000190. The number of β-amino-alcohol motifs (C(OH)–C–C–N with tert-alkyl or cyclic N) is 2. The second kappa shape index (κ2) is 23.0. The SMILES string of the molecule is NC(=O)CN1CC[C@@H](CNc2ncnc(N(Cc3ccc(-n4cccn4)cc3F)C3CC3)c2F)[C@H](O)C1.NC(=O)CN1CC[C@@H](CNc2ncnc(N(Cc3ccc(I)cc3F)C3CC3)c2F)[C@H](O)C1. The number of amides is 2. The van der Waals surface area contributed by atoms with Crippen LogP contribution in [0.2, 0.25) is 0 Å². The fourth-order valence-corrected chi connectivity index (χ4v) is 9.34. The summed E-state index contributed by atoms with van der Waals surface area (Å²) in [6.45, 7) is 3.14. The van der Waals surface area contributed by atoms with E-state index in [1.807, 2.05) is 11.0 Å². The summed E-state index contributed by atoms with van der Waals surface area (Å²) >= 11 is 2.05. The highest BCUT2D eigenvalue weighted by molar-refractivity contribution is 14.1. The third kappa shape index (κ3) is 13.1. The minimum absolute atomic E-state index is 0.0388. The van der Waals surface area contributed by atoms with E-state index in [1.54, 1.807) is 56.0 Å². The number of carbonyl (C=O) groups excluding carboxylic acids is 2. The van der Waals surface area contributed by atoms with E-state index in [0.29, 0.717) is 68.9 Å². The van der Waals surface area contributed by atoms with Gasteiger partial charge in [0.1, 0.15) is 24.3 Å². The maximum absolute atomic E-state index is 15.6. The molecule has 5 heterocycles. The summed E-state index contributed by atoms with van der Waals surface area (Å²) in [7, 11) is 0. The van der Waals surface area contributed by atoms with Crippen LogP contribution >= 0.6 is 22.6 Å². The lowest BCUT2D eigenvalue weighted by molar-refractivity contribution is -0.121. The van der Waals surface area contributed by atoms with Crippen LogP contribution in [0.5, 0.6) is 0 Å². The first-order valence-corrected chi connectivity index (χ1v) is 24.4. The van der Waals surface area contributed by atoms with Gasteiger partial charge in [0.25, 0.3) is 0 Å². The van der Waals surface area contributed by atoms with Gasteiger partial charge in [0, 0.05) is 90.3 Å². The molecule has 4 fully saturated rings. The molecule has 8 N–H and O–H groups in total. The molecule has 2 aliphatic carbocycles. The first-order chi connectivity index (χ1) is 33.7. The number of nitrogens with zero attached hydrogens (tertiary/aromatic N) is 10. The molecule has 70 heavy (non-hydrogen) atoms. The van der Waals surface area contributed by atoms with E-state index in [4.69, 9.17) is 11.5 Å². The molecular weight excluding hydrogens is 1030 g/mol. The second-order valence-electron chi connectivity index (χ2n) is 18.3. The summed E-state index contributed by atoms with van der Waals surface area (Å²) in [5.41, 5.74) is 12.0. The van der Waals surface area contributed by atoms with Gasteiger partial charge in [-0.3, -0.25) is 19.4 Å². The molecule has 0 spiro atoms. The van der Waals surface area contributed by atoms with Crippen molar-refractivity contribution in [2.24, 2.45) is 23.3 Å². The molecule has 9 rings (SSSR count). The predicted octanol–water partition coefficient (Wildman–Crippen LogP) is 3.80. The van der Waals surface area contributed by atoms with E-state index in [1.165, 1.54) is 24.8 Å². The Bertz CT molecular complexity index is 2600. The molecule has 0 unspecified atom stereocenters. The standard InChI is InChI=1S/C25H30F2N8O2.C22H27F2IN6O2/c26-20-10-19(35-8-1-7-32-35)3-2-17(20)12-34(18-4-5-18)25-23(27)24(30-15-31-25)29-11-16-6-9-33(13-21(16)36)14-22(28)37;23-17-7-15(25)2-1-14(17)9-31(16-3-4-16)22-20(24)21(28-12-29-22)27-8-13-5-6-30(10-18(13)32)11-19(26)33/h1-3,7-8,10,15-16,18,21,36H,4-6,9,11-14H2,(H2,28,37)(H,29,30,31);1-2,7,12-13,16,18,32H,3-6,8-11H2,(H2,26,33)(H,27,28,29)/t16-,21+;13-,18+/m00/s1. The molecule has 2 saturated heterocycles. The number of nitrogens with one attached hydrogen (secondary N) is 2. The minimum Gasteiger partial charge on any atom is -0.391 e. The molecule has 0 bridgehead atoms. The summed E-state index contributed by atoms with van der Waals surface area (Å²) < 4.78 is 62.7. The van der Waals surface area contributed by atoms with Gasteiger partial charge < -0.3 is 42.1 Å². The summed E-state index contributed by atoms with van der Waals surface area (Å²) in [4.78, 5) is 45.9. The molecule has 374 valence electrons. The third-order valence-corrected chi connectivity index (χ3v) is 13.7. The topological polar surface area (TPSA) is 233 Å². The van der Waals surface area contributed by atoms with Gasteiger partial charge in [0.05, 0.1) is 31.0 Å². The number of hydrogen-bond donors (Lipinski definition) is 6. The Labute approximate surface area is 416 Å². The highest BCUT2D eigenvalue weighted by Gasteiger charge is 2.36. The zero-order chi connectivity index (χ0) is 49.5. The van der Waals surface area contributed by atoms with E-state index in [9.17, 15) is 28.6 Å². The van der Waals surface area contributed by atoms with E-state index in [-0.39, 0.29) is 79.2 Å². The zero-order valence-corrected chi connectivity index (χ0v) is 40.5. The fourth-order valence-electron chi connectivity index (χ4n) is 8.89. The summed E-state index contributed by atoms with van der Waals surface area (Å²) in [5, 5.41) is 31.1. The van der Waals surface area contributed by atoms with Crippen LogP contribution in [0.1, 0.15) is 49.7 Å². The second-order valence-corrected chi connectivity index (χ2v) is 19.5. The van der Waals surface area contributed by atoms with Gasteiger partial charge in [-0.15, -0.1) is 0 Å². The summed E-state index contributed by atoms with van der Waals surface area (Å²) in [6.07, 6.45) is 9.40. The van der Waals surface area contributed by atoms with Gasteiger partial charge in [-0.1, -0.05) is 12.1 Å². The zero-order valence-electron chi connectivity index (χ0n) is 38.4. The predicted molar refractivity (Wildman–Crippen MR) is 262 cm³/mol. The van der Waals surface area contributed by atoms with Crippen molar-refractivity contribution in [3.8, 4) is 5.69 Å². The molecule has 4 aliphatic rings. The van der Waals surface area contributed by atoms with Crippen molar-refractivity contribution in [2.75, 3.05) is 72.8 Å². The van der Waals surface area contributed by atoms with Crippen LogP contribution in [0, 0.1) is 38.7 Å². The average Bonchev–Trinajstić information content (AvgIpc) is 4.27. The minimum atomic E-state index is -0.680. The third-order valence-electron chi connectivity index (χ3n) is 13.0. The van der Waals surface area contributed by atoms with Gasteiger partial charge in [-0.25, -0.2) is 33.4 Å². The molecule has 2 aliphatic heterocycles. The number of nitrogens with two attached hydrogens (primary N) is 2. The molecule has 0 radical (unpaired) electrons. The van der Waals surface area contributed by atoms with Crippen LogP contribution < -0.4 is 31.9 Å². The molecule has 4 atom stereocenters. The molecule has 2 aromatic carbocycles. The Morgan fingerprint density at radius 1 is 0.700 bits per heavy atom. The lowest BCUT2D eigenvalue weighted by Crippen LogP contribution is -2.48. The maximum atomic E-state index is 15.6. The van der Waals surface area contributed by atoms with Gasteiger partial charge in [-0.05, 0) is 105 Å². The maximum Gasteiger partial charge on any atom is 0.231 e. The lowest BCUT2D eigenvalue weighted by Gasteiger charge is -2.35. The molecule has 2 saturated carbocycles. The summed E-state index contributed by atoms with van der Waals surface area (Å²) in [5.74, 6) is -2.68. The number of anilines is 4. The van der Waals surface area contributed by atoms with Crippen molar-refractivity contribution in [1.29, 1.82) is 0 Å². The van der Waals surface area contributed by atoms with Crippen LogP contribution in [-0.2, 0) is 22.7 Å². The number of aliphatic hydroxyl groups excluding tert-OH is 2. The van der Waals surface area contributed by atoms with Crippen LogP contribution in [0.15, 0.2) is 67.5 Å². The molecule has 3 aromatic heterocycles. The number of aromatic nitrogens is 6. The van der Waals surface area contributed by atoms with Crippen LogP contribution in [0.4, 0.5) is 40.8 Å². The van der Waals surface area contributed by atoms with Gasteiger partial charge >= 0.3 is 0 Å². The van der Waals surface area contributed by atoms with Crippen LogP contribution in [-0.4, -0.2) is 138 Å². The number of carbonyl (C=O) groups is 2. The summed E-state index contributed by atoms with van der Waals surface area (Å²) in [6, 6.07) is 11.8. The van der Waals surface area contributed by atoms with E-state index >= 15 is 8.78 Å². The monoisotopic (exact) mass is 1080 g/mol. The molecule has 18 nitrogen and oxygen atoms in total. The van der Waals surface area contributed by atoms with Crippen LogP contribution in [0.3, 0.4) is 0 Å². The number of piperidine rings is 2. The van der Waals surface area contributed by atoms with E-state index in [0.717, 1.165) is 29.3 Å². The van der Waals surface area contributed by atoms with Crippen molar-refractivity contribution in [3.05, 3.63) is 105 Å². The molecule has 23 heteroatoms. The fraction of sp³-hybridized carbons (Fsp3) is 0.468. The number of rotatable bonds is 19. The lowest BCUT2D eigenvalue weighted by atomic mass is 9.93. The number of halogens is 5. The Morgan fingerprint density at radius 2 is 1.19 bits per heavy atom. The normalized spacial score (nSPS) is 20.6. The first-order valence-electron chi connectivity index (χ1n) is 23.3. The highest BCUT2D eigenvalue weighted by Crippen LogP contribution is 2.37. The van der Waals surface area contributed by atoms with Crippen molar-refractivity contribution in [2.45, 2.75) is 75.9 Å². The van der Waals surface area contributed by atoms with E-state index < -0.39 is 41.5 Å². The van der Waals surface area contributed by atoms with Crippen molar-refractivity contribution in [1.82, 2.24) is 39.5 Å². The van der Waals surface area contributed by atoms with Crippen molar-refractivity contribution >= 4 is 57.7 Å². The molecular formula is C47H57F4IN14O4. The van der Waals surface area contributed by atoms with Gasteiger partial charge in [0.2, 0.25) is 23.4 Å². The Kier molecular flexibility index (Phi) is 16.6. The first kappa shape index (κ1) is 50.6. The Morgan fingerprint density at radius 3 is 1.60 bits per heavy atom. The molecule has 5 aromatic rings. The number of benzene rings is 2. The molecule has 2 amide bonds. The van der Waals surface area contributed by atoms with Crippen molar-refractivity contribution < 1.29 is 37.4 Å². The Hall–Kier alpha value is -5.76. The largest absolute Gasteiger partial charge is 0.391 e. The number of likely N-dealkylation sites (tertiary alicyclic amines) is 2. The van der Waals surface area contributed by atoms with Gasteiger partial charge in [0.15, 0.2) is 23.3 Å². The van der Waals surface area contributed by atoms with Gasteiger partial charge in [-0.2, -0.15) is 13.9 Å². The quantitative estimate of drug-likeness (QED) is 0.0510. The number of aliphatic hydroxyl groups is 2.